The summed E-state index contributed by atoms with van der Waals surface area (Å²) in [6.45, 7) is 1.59. The van der Waals surface area contributed by atoms with Gasteiger partial charge in [-0.3, -0.25) is 0 Å². The van der Waals surface area contributed by atoms with E-state index >= 15 is 0 Å². The zero-order valence-electron chi connectivity index (χ0n) is 5.62. The highest BCUT2D eigenvalue weighted by molar-refractivity contribution is 4.83. The molecule has 10 heavy (non-hydrogen) atoms. The Kier molecular flexibility index (Phi) is 1.61. The topological polar surface area (TPSA) is 50.7 Å². The third-order valence-electron chi connectivity index (χ3n) is 1.90. The van der Waals surface area contributed by atoms with Gasteiger partial charge in [-0.2, -0.15) is 0 Å². The highest BCUT2D eigenvalue weighted by Gasteiger charge is 2.38. The number of morpholine rings is 1. The molecule has 2 rings (SSSR count). The van der Waals surface area contributed by atoms with Gasteiger partial charge < -0.3 is 19.9 Å². The Morgan fingerprint density at radius 3 is 3.00 bits per heavy atom. The minimum Gasteiger partial charge on any atom is -0.394 e. The number of hydrogen-bond acceptors (Lipinski definition) is 4. The summed E-state index contributed by atoms with van der Waals surface area (Å²) < 4.78 is 10.7. The lowest BCUT2D eigenvalue weighted by atomic mass is 10.2. The van der Waals surface area contributed by atoms with Crippen LogP contribution in [0.5, 0.6) is 0 Å². The van der Waals surface area contributed by atoms with Crippen molar-refractivity contribution in [2.75, 3.05) is 19.7 Å². The summed E-state index contributed by atoms with van der Waals surface area (Å²) in [5, 5.41) is 11.9. The van der Waals surface area contributed by atoms with E-state index in [0.29, 0.717) is 0 Å². The second kappa shape index (κ2) is 2.47. The second-order valence-electron chi connectivity index (χ2n) is 2.62. The molecule has 4 nitrogen and oxygen atoms in total. The maximum Gasteiger partial charge on any atom is 0.171 e. The molecule has 0 radical (unpaired) electrons. The molecule has 0 aliphatic carbocycles. The van der Waals surface area contributed by atoms with Crippen LogP contribution >= 0.6 is 0 Å². The quantitative estimate of drug-likeness (QED) is 0.481. The largest absolute Gasteiger partial charge is 0.394 e. The molecule has 0 aromatic heterocycles. The first-order valence-corrected chi connectivity index (χ1v) is 3.52. The molecule has 0 saturated carbocycles. The second-order valence-corrected chi connectivity index (χ2v) is 2.62. The van der Waals surface area contributed by atoms with Gasteiger partial charge in [0.1, 0.15) is 12.2 Å². The lowest BCUT2D eigenvalue weighted by Crippen LogP contribution is -2.41. The molecule has 2 heterocycles. The van der Waals surface area contributed by atoms with E-state index in [-0.39, 0.29) is 25.1 Å². The van der Waals surface area contributed by atoms with Crippen LogP contribution in [0.15, 0.2) is 0 Å². The van der Waals surface area contributed by atoms with Gasteiger partial charge in [-0.25, -0.2) is 0 Å². The number of rotatable bonds is 1. The molecule has 3 unspecified atom stereocenters. The summed E-state index contributed by atoms with van der Waals surface area (Å²) >= 11 is 0. The molecule has 2 fully saturated rings. The van der Waals surface area contributed by atoms with Crippen molar-refractivity contribution >= 4 is 0 Å². The van der Waals surface area contributed by atoms with Crippen molar-refractivity contribution in [3.05, 3.63) is 0 Å². The number of fused-ring (bicyclic) bond motifs is 2. The Labute approximate surface area is 59.1 Å². The van der Waals surface area contributed by atoms with Gasteiger partial charge in [0.05, 0.1) is 6.61 Å². The van der Waals surface area contributed by atoms with Crippen LogP contribution in [0, 0.1) is 0 Å². The summed E-state index contributed by atoms with van der Waals surface area (Å²) in [5.41, 5.74) is 0. The van der Waals surface area contributed by atoms with Gasteiger partial charge in [-0.1, -0.05) is 0 Å². The molecule has 58 valence electrons. The van der Waals surface area contributed by atoms with E-state index in [0.717, 1.165) is 13.1 Å². The van der Waals surface area contributed by atoms with E-state index in [1.54, 1.807) is 0 Å². The highest BCUT2D eigenvalue weighted by Crippen LogP contribution is 2.20. The standard InChI is InChI=1S/C6H11NO3/c8-3-5-4-1-7-2-6(9-4)10-5/h4-8H,1-3H2. The molecule has 2 saturated heterocycles. The van der Waals surface area contributed by atoms with Crippen LogP contribution in [0.2, 0.25) is 0 Å². The molecule has 2 aliphatic heterocycles. The third kappa shape index (κ3) is 0.932. The first-order valence-electron chi connectivity index (χ1n) is 3.52. The molecular weight excluding hydrogens is 134 g/mol. The van der Waals surface area contributed by atoms with Crippen LogP contribution in [0.1, 0.15) is 0 Å². The first-order chi connectivity index (χ1) is 4.90. The number of nitrogens with one attached hydrogen (secondary N) is 1. The van der Waals surface area contributed by atoms with Gasteiger partial charge in [-0.15, -0.1) is 0 Å². The molecule has 2 aliphatic rings. The normalized spacial score (nSPS) is 45.9. The first kappa shape index (κ1) is 6.54. The molecule has 2 N–H and O–H groups in total. The Balaban J connectivity index is 2.01. The van der Waals surface area contributed by atoms with Crippen LogP contribution in [0.3, 0.4) is 0 Å². The van der Waals surface area contributed by atoms with Crippen LogP contribution < -0.4 is 5.32 Å². The van der Waals surface area contributed by atoms with E-state index in [9.17, 15) is 0 Å². The highest BCUT2D eigenvalue weighted by atomic mass is 16.7. The predicted octanol–water partition coefficient (Wildman–Crippen LogP) is -1.31. The van der Waals surface area contributed by atoms with Crippen molar-refractivity contribution < 1.29 is 14.6 Å². The molecule has 4 heteroatoms. The molecule has 2 bridgehead atoms. The molecule has 3 atom stereocenters. The summed E-state index contributed by atoms with van der Waals surface area (Å²) in [6, 6.07) is 0. The van der Waals surface area contributed by atoms with Crippen LogP contribution in [0.4, 0.5) is 0 Å². The van der Waals surface area contributed by atoms with Gasteiger partial charge >= 0.3 is 0 Å². The van der Waals surface area contributed by atoms with Crippen molar-refractivity contribution in [3.8, 4) is 0 Å². The fourth-order valence-corrected chi connectivity index (χ4v) is 1.38. The fourth-order valence-electron chi connectivity index (χ4n) is 1.38. The Morgan fingerprint density at radius 1 is 1.40 bits per heavy atom. The number of ether oxygens (including phenoxy) is 2. The predicted molar refractivity (Wildman–Crippen MR) is 33.5 cm³/mol. The van der Waals surface area contributed by atoms with Gasteiger partial charge in [0.25, 0.3) is 0 Å². The van der Waals surface area contributed by atoms with Gasteiger partial charge in [-0.05, 0) is 0 Å². The van der Waals surface area contributed by atoms with Crippen LogP contribution in [-0.2, 0) is 9.47 Å². The van der Waals surface area contributed by atoms with Crippen molar-refractivity contribution in [2.24, 2.45) is 0 Å². The maximum absolute atomic E-state index is 8.78. The lowest BCUT2D eigenvalue weighted by Gasteiger charge is -2.18. The minimum absolute atomic E-state index is 0.0584. The van der Waals surface area contributed by atoms with Gasteiger partial charge in [0.2, 0.25) is 0 Å². The average Bonchev–Trinajstić information content (AvgIpc) is 2.26. The monoisotopic (exact) mass is 145 g/mol. The molecule has 0 aromatic rings. The molecule has 0 aromatic carbocycles. The van der Waals surface area contributed by atoms with Gasteiger partial charge in [0.15, 0.2) is 6.29 Å². The molecular formula is C6H11NO3. The maximum atomic E-state index is 8.78. The number of aliphatic hydroxyl groups is 1. The third-order valence-corrected chi connectivity index (χ3v) is 1.90. The van der Waals surface area contributed by atoms with E-state index in [2.05, 4.69) is 5.32 Å². The van der Waals surface area contributed by atoms with Crippen LogP contribution in [0.25, 0.3) is 0 Å². The van der Waals surface area contributed by atoms with Crippen LogP contribution in [-0.4, -0.2) is 43.3 Å². The summed E-state index contributed by atoms with van der Waals surface area (Å²) in [6.07, 6.45) is -0.181. The number of hydrogen-bond donors (Lipinski definition) is 2. The lowest BCUT2D eigenvalue weighted by molar-refractivity contribution is -0.0791. The Bertz CT molecular complexity index is 130. The summed E-state index contributed by atoms with van der Waals surface area (Å²) in [7, 11) is 0. The van der Waals surface area contributed by atoms with E-state index in [1.165, 1.54) is 0 Å². The summed E-state index contributed by atoms with van der Waals surface area (Å²) in [5.74, 6) is 0. The zero-order chi connectivity index (χ0) is 6.97. The van der Waals surface area contributed by atoms with Crippen molar-refractivity contribution in [2.45, 2.75) is 18.5 Å². The van der Waals surface area contributed by atoms with Crippen molar-refractivity contribution in [1.82, 2.24) is 5.32 Å². The average molecular weight is 145 g/mol. The number of aliphatic hydroxyl groups excluding tert-OH is 1. The van der Waals surface area contributed by atoms with E-state index < -0.39 is 0 Å². The zero-order valence-corrected chi connectivity index (χ0v) is 5.62. The Morgan fingerprint density at radius 2 is 2.30 bits per heavy atom. The minimum atomic E-state index is -0.129. The van der Waals surface area contributed by atoms with E-state index in [4.69, 9.17) is 14.6 Å². The smallest absolute Gasteiger partial charge is 0.171 e. The van der Waals surface area contributed by atoms with Crippen molar-refractivity contribution in [1.29, 1.82) is 0 Å². The Hall–Kier alpha value is -0.160. The molecule has 0 spiro atoms. The fraction of sp³-hybridized carbons (Fsp3) is 1.00. The van der Waals surface area contributed by atoms with Crippen molar-refractivity contribution in [3.63, 3.8) is 0 Å². The summed E-state index contributed by atoms with van der Waals surface area (Å²) in [4.78, 5) is 0. The SMILES string of the molecule is OCC1OC2CNCC1O2. The van der Waals surface area contributed by atoms with E-state index in [1.807, 2.05) is 0 Å². The molecule has 0 amide bonds. The van der Waals surface area contributed by atoms with Gasteiger partial charge in [0, 0.05) is 13.1 Å².